The maximum absolute atomic E-state index is 11.8. The molecular weight excluding hydrogens is 414 g/mol. The molecule has 0 amide bonds. The summed E-state index contributed by atoms with van der Waals surface area (Å²) in [7, 11) is 0. The van der Waals surface area contributed by atoms with Crippen molar-refractivity contribution in [3.05, 3.63) is 11.9 Å². The van der Waals surface area contributed by atoms with Gasteiger partial charge in [0.15, 0.2) is 5.78 Å². The molecule has 0 radical (unpaired) electrons. The molecule has 1 heterocycles. The van der Waals surface area contributed by atoms with Gasteiger partial charge in [-0.05, 0) is 11.8 Å². The summed E-state index contributed by atoms with van der Waals surface area (Å²) < 4.78 is 23.2. The molecule has 0 aliphatic carbocycles. The Bertz CT molecular complexity index is 676. The lowest BCUT2D eigenvalue weighted by Crippen LogP contribution is -2.25. The molecule has 0 saturated carbocycles. The second-order valence-corrected chi connectivity index (χ2v) is 9.95. The number of aryl methyl sites for hydroxylation is 1. The number of carbonyl (C=O) groups is 2. The summed E-state index contributed by atoms with van der Waals surface area (Å²) in [5.74, 6) is -0.133. The fourth-order valence-electron chi connectivity index (χ4n) is 2.31. The van der Waals surface area contributed by atoms with Gasteiger partial charge in [-0.1, -0.05) is 46.8 Å². The highest BCUT2D eigenvalue weighted by atomic mass is 16.5. The first-order valence-electron chi connectivity index (χ1n) is 11.3. The van der Waals surface area contributed by atoms with Crippen LogP contribution in [0.4, 0.5) is 0 Å². The number of carbonyl (C=O) groups excluding carboxylic acids is 2. The molecule has 1 rings (SSSR count). The van der Waals surface area contributed by atoms with Crippen LogP contribution in [0.25, 0.3) is 0 Å². The molecule has 32 heavy (non-hydrogen) atoms. The van der Waals surface area contributed by atoms with Gasteiger partial charge in [-0.25, -0.2) is 4.68 Å². The molecule has 9 heteroatoms. The van der Waals surface area contributed by atoms with Crippen molar-refractivity contribution in [3.8, 4) is 0 Å². The molecule has 0 aliphatic rings. The van der Waals surface area contributed by atoms with Crippen LogP contribution in [0.1, 0.15) is 60.1 Å². The molecule has 0 bridgehead atoms. The molecule has 0 saturated heterocycles. The van der Waals surface area contributed by atoms with E-state index in [0.29, 0.717) is 59.0 Å². The summed E-state index contributed by atoms with van der Waals surface area (Å²) in [5, 5.41) is 8.13. The summed E-state index contributed by atoms with van der Waals surface area (Å²) in [6, 6.07) is 0. The highest BCUT2D eigenvalue weighted by Gasteiger charge is 2.20. The van der Waals surface area contributed by atoms with Gasteiger partial charge in [0.05, 0.1) is 58.3 Å². The van der Waals surface area contributed by atoms with Gasteiger partial charge in [0.25, 0.3) is 0 Å². The Morgan fingerprint density at radius 3 is 2.16 bits per heavy atom. The van der Waals surface area contributed by atoms with E-state index >= 15 is 0 Å². The zero-order valence-electron chi connectivity index (χ0n) is 20.6. The summed E-state index contributed by atoms with van der Waals surface area (Å²) >= 11 is 0. The summed E-state index contributed by atoms with van der Waals surface area (Å²) in [6.45, 7) is 15.3. The maximum atomic E-state index is 11.8. The first-order chi connectivity index (χ1) is 15.0. The molecule has 0 aromatic carbocycles. The van der Waals surface area contributed by atoms with Crippen molar-refractivity contribution in [2.24, 2.45) is 10.8 Å². The van der Waals surface area contributed by atoms with Crippen LogP contribution in [0.2, 0.25) is 0 Å². The molecule has 0 aliphatic heterocycles. The smallest absolute Gasteiger partial charge is 0.306 e. The van der Waals surface area contributed by atoms with Crippen LogP contribution < -0.4 is 0 Å². The van der Waals surface area contributed by atoms with Crippen LogP contribution in [-0.4, -0.2) is 73.0 Å². The standard InChI is InChI=1S/C23H41N3O6/c1-22(2,3)9-11-32-21(28)8-7-19-17-26(25-24-19)10-12-29-13-14-30-15-16-31-18-20(27)23(4,5)6/h17H,7-16,18H2,1-6H3. The Morgan fingerprint density at radius 2 is 1.53 bits per heavy atom. The molecule has 184 valence electrons. The molecule has 0 unspecified atom stereocenters. The van der Waals surface area contributed by atoms with E-state index < -0.39 is 0 Å². The number of esters is 1. The van der Waals surface area contributed by atoms with E-state index in [9.17, 15) is 9.59 Å². The zero-order chi connectivity index (χ0) is 24.0. The number of hydrogen-bond donors (Lipinski definition) is 0. The van der Waals surface area contributed by atoms with Crippen LogP contribution in [0.15, 0.2) is 6.20 Å². The number of ketones is 1. The number of hydrogen-bond acceptors (Lipinski definition) is 8. The van der Waals surface area contributed by atoms with Gasteiger partial charge in [0, 0.05) is 18.0 Å². The van der Waals surface area contributed by atoms with Crippen molar-refractivity contribution in [1.82, 2.24) is 15.0 Å². The fourth-order valence-corrected chi connectivity index (χ4v) is 2.31. The largest absolute Gasteiger partial charge is 0.466 e. The second kappa shape index (κ2) is 14.3. The van der Waals surface area contributed by atoms with E-state index in [1.54, 1.807) is 4.68 Å². The molecule has 0 fully saturated rings. The van der Waals surface area contributed by atoms with Crippen molar-refractivity contribution < 1.29 is 28.5 Å². The predicted octanol–water partition coefficient (Wildman–Crippen LogP) is 2.86. The third kappa shape index (κ3) is 14.3. The zero-order valence-corrected chi connectivity index (χ0v) is 20.6. The molecule has 0 spiro atoms. The Balaban J connectivity index is 2.01. The number of Topliss-reactive ketones (excluding diaryl/α,β-unsaturated/α-hetero) is 1. The Labute approximate surface area is 192 Å². The molecule has 1 aromatic heterocycles. The van der Waals surface area contributed by atoms with Gasteiger partial charge in [-0.3, -0.25) is 9.59 Å². The van der Waals surface area contributed by atoms with Gasteiger partial charge >= 0.3 is 5.97 Å². The van der Waals surface area contributed by atoms with E-state index in [2.05, 4.69) is 31.1 Å². The second-order valence-electron chi connectivity index (χ2n) is 9.95. The summed E-state index contributed by atoms with van der Waals surface area (Å²) in [4.78, 5) is 23.5. The highest BCUT2D eigenvalue weighted by molar-refractivity contribution is 5.84. The van der Waals surface area contributed by atoms with Gasteiger partial charge in [-0.15, -0.1) is 5.10 Å². The minimum atomic E-state index is -0.378. The Hall–Kier alpha value is -1.84. The topological polar surface area (TPSA) is 102 Å². The molecule has 0 N–H and O–H groups in total. The maximum Gasteiger partial charge on any atom is 0.306 e. The monoisotopic (exact) mass is 455 g/mol. The lowest BCUT2D eigenvalue weighted by atomic mass is 9.91. The quantitative estimate of drug-likeness (QED) is 0.277. The van der Waals surface area contributed by atoms with E-state index in [4.69, 9.17) is 18.9 Å². The normalized spacial score (nSPS) is 12.2. The fraction of sp³-hybridized carbons (Fsp3) is 0.826. The summed E-state index contributed by atoms with van der Waals surface area (Å²) in [5.41, 5.74) is 0.530. The number of nitrogens with zero attached hydrogens (tertiary/aromatic N) is 3. The van der Waals surface area contributed by atoms with Crippen LogP contribution in [0, 0.1) is 10.8 Å². The van der Waals surface area contributed by atoms with Crippen LogP contribution >= 0.6 is 0 Å². The van der Waals surface area contributed by atoms with E-state index in [1.807, 2.05) is 27.0 Å². The number of rotatable bonds is 16. The van der Waals surface area contributed by atoms with Crippen molar-refractivity contribution in [2.75, 3.05) is 46.2 Å². The lowest BCUT2D eigenvalue weighted by Gasteiger charge is -2.17. The Kier molecular flexibility index (Phi) is 12.6. The molecular formula is C23H41N3O6. The minimum absolute atomic E-state index is 0.0770. The predicted molar refractivity (Wildman–Crippen MR) is 120 cm³/mol. The van der Waals surface area contributed by atoms with Crippen LogP contribution in [0.5, 0.6) is 0 Å². The summed E-state index contributed by atoms with van der Waals surface area (Å²) in [6.07, 6.45) is 3.46. The van der Waals surface area contributed by atoms with Gasteiger partial charge in [-0.2, -0.15) is 0 Å². The van der Waals surface area contributed by atoms with E-state index in [0.717, 1.165) is 12.1 Å². The highest BCUT2D eigenvalue weighted by Crippen LogP contribution is 2.18. The van der Waals surface area contributed by atoms with Gasteiger partial charge < -0.3 is 18.9 Å². The van der Waals surface area contributed by atoms with Gasteiger partial charge in [0.2, 0.25) is 0 Å². The average Bonchev–Trinajstić information content (AvgIpc) is 3.13. The number of aromatic nitrogens is 3. The van der Waals surface area contributed by atoms with Crippen molar-refractivity contribution >= 4 is 11.8 Å². The van der Waals surface area contributed by atoms with Crippen LogP contribution in [-0.2, 0) is 41.5 Å². The molecule has 0 atom stereocenters. The van der Waals surface area contributed by atoms with Crippen molar-refractivity contribution in [1.29, 1.82) is 0 Å². The third-order valence-electron chi connectivity index (χ3n) is 4.56. The van der Waals surface area contributed by atoms with Crippen molar-refractivity contribution in [3.63, 3.8) is 0 Å². The third-order valence-corrected chi connectivity index (χ3v) is 4.56. The Morgan fingerprint density at radius 1 is 0.906 bits per heavy atom. The molecule has 1 aromatic rings. The average molecular weight is 456 g/mol. The number of ether oxygens (including phenoxy) is 4. The molecule has 9 nitrogen and oxygen atoms in total. The van der Waals surface area contributed by atoms with E-state index in [-0.39, 0.29) is 29.2 Å². The first-order valence-corrected chi connectivity index (χ1v) is 11.3. The van der Waals surface area contributed by atoms with Crippen molar-refractivity contribution in [2.45, 2.75) is 67.3 Å². The first kappa shape index (κ1) is 28.2. The van der Waals surface area contributed by atoms with Gasteiger partial charge in [0.1, 0.15) is 6.61 Å². The minimum Gasteiger partial charge on any atom is -0.466 e. The van der Waals surface area contributed by atoms with E-state index in [1.165, 1.54) is 0 Å². The van der Waals surface area contributed by atoms with Crippen LogP contribution in [0.3, 0.4) is 0 Å². The lowest BCUT2D eigenvalue weighted by molar-refractivity contribution is -0.144. The SMILES string of the molecule is CC(C)(C)CCOC(=O)CCc1cn(CCOCCOCCOCC(=O)C(C)(C)C)nn1.